The van der Waals surface area contributed by atoms with Crippen LogP contribution in [-0.2, 0) is 6.54 Å². The number of nitrogens with zero attached hydrogens (tertiary/aromatic N) is 2. The first-order valence-corrected chi connectivity index (χ1v) is 6.36. The molecule has 22 heavy (non-hydrogen) atoms. The van der Waals surface area contributed by atoms with Crippen LogP contribution in [0.1, 0.15) is 5.56 Å². The average molecular weight is 313 g/mol. The molecule has 0 aliphatic rings. The molecule has 0 unspecified atom stereocenters. The van der Waals surface area contributed by atoms with E-state index in [2.05, 4.69) is 20.0 Å². The lowest BCUT2D eigenvalue weighted by Gasteiger charge is -2.10. The van der Waals surface area contributed by atoms with Crippen LogP contribution in [0.25, 0.3) is 0 Å². The number of ether oxygens (including phenoxy) is 2. The van der Waals surface area contributed by atoms with E-state index in [0.717, 1.165) is 5.56 Å². The Balaban J connectivity index is 1.88. The molecule has 1 aromatic carbocycles. The quantitative estimate of drug-likeness (QED) is 0.888. The smallest absolute Gasteiger partial charge is 0.422 e. The van der Waals surface area contributed by atoms with E-state index in [1.165, 1.54) is 19.2 Å². The first-order valence-electron chi connectivity index (χ1n) is 6.36. The van der Waals surface area contributed by atoms with Gasteiger partial charge in [0.1, 0.15) is 5.75 Å². The Hall–Kier alpha value is -2.51. The zero-order valence-electron chi connectivity index (χ0n) is 11.7. The third-order valence-electron chi connectivity index (χ3n) is 2.62. The number of methoxy groups -OCH3 is 1. The molecule has 0 spiro atoms. The second-order valence-electron chi connectivity index (χ2n) is 4.32. The normalized spacial score (nSPS) is 11.1. The molecule has 0 bridgehead atoms. The Bertz CT molecular complexity index is 603. The van der Waals surface area contributed by atoms with Crippen molar-refractivity contribution in [1.82, 2.24) is 9.97 Å². The molecule has 0 amide bonds. The van der Waals surface area contributed by atoms with Crippen LogP contribution in [0.15, 0.2) is 36.5 Å². The Morgan fingerprint density at radius 1 is 1.14 bits per heavy atom. The van der Waals surface area contributed by atoms with Crippen LogP contribution in [0, 0.1) is 0 Å². The fourth-order valence-corrected chi connectivity index (χ4v) is 1.59. The van der Waals surface area contributed by atoms with Crippen molar-refractivity contribution < 1.29 is 22.6 Å². The number of aromatic nitrogens is 2. The second kappa shape index (κ2) is 6.97. The number of hydrogen-bond donors (Lipinski definition) is 1. The molecular formula is C14H14F3N3O2. The van der Waals surface area contributed by atoms with Crippen molar-refractivity contribution in [1.29, 1.82) is 0 Å². The van der Waals surface area contributed by atoms with Gasteiger partial charge in [-0.15, -0.1) is 0 Å². The molecule has 2 rings (SSSR count). The summed E-state index contributed by atoms with van der Waals surface area (Å²) >= 11 is 0. The van der Waals surface area contributed by atoms with Crippen molar-refractivity contribution in [2.24, 2.45) is 0 Å². The van der Waals surface area contributed by atoms with Gasteiger partial charge in [-0.25, -0.2) is 4.98 Å². The monoisotopic (exact) mass is 313 g/mol. The maximum atomic E-state index is 12.0. The van der Waals surface area contributed by atoms with Gasteiger partial charge in [0.2, 0.25) is 11.8 Å². The van der Waals surface area contributed by atoms with E-state index < -0.39 is 12.8 Å². The highest BCUT2D eigenvalue weighted by molar-refractivity contribution is 5.32. The fraction of sp³-hybridized carbons (Fsp3) is 0.286. The van der Waals surface area contributed by atoms with Gasteiger partial charge >= 0.3 is 6.18 Å². The van der Waals surface area contributed by atoms with E-state index in [9.17, 15) is 13.2 Å². The molecule has 0 aliphatic heterocycles. The Morgan fingerprint density at radius 2 is 1.86 bits per heavy atom. The number of nitrogens with one attached hydrogen (secondary N) is 1. The highest BCUT2D eigenvalue weighted by atomic mass is 19.4. The molecule has 0 saturated carbocycles. The van der Waals surface area contributed by atoms with Gasteiger partial charge in [0, 0.05) is 18.8 Å². The molecule has 0 atom stereocenters. The van der Waals surface area contributed by atoms with Gasteiger partial charge in [0.05, 0.1) is 7.11 Å². The van der Waals surface area contributed by atoms with Gasteiger partial charge < -0.3 is 14.8 Å². The Labute approximate surface area is 125 Å². The number of hydrogen-bond acceptors (Lipinski definition) is 5. The largest absolute Gasteiger partial charge is 0.484 e. The summed E-state index contributed by atoms with van der Waals surface area (Å²) in [6.45, 7) is -0.880. The third-order valence-corrected chi connectivity index (χ3v) is 2.62. The first-order chi connectivity index (χ1) is 10.5. The van der Waals surface area contributed by atoms with E-state index in [-0.39, 0.29) is 5.75 Å². The second-order valence-corrected chi connectivity index (χ2v) is 4.32. The lowest BCUT2D eigenvalue weighted by molar-refractivity contribution is -0.153. The summed E-state index contributed by atoms with van der Waals surface area (Å²) in [4.78, 5) is 8.11. The SMILES string of the molecule is COc1ccnc(NCc2ccc(OCC(F)(F)F)cc2)n1. The molecule has 8 heteroatoms. The molecule has 118 valence electrons. The molecule has 1 aromatic heterocycles. The lowest BCUT2D eigenvalue weighted by Crippen LogP contribution is -2.19. The van der Waals surface area contributed by atoms with Crippen LogP contribution < -0.4 is 14.8 Å². The molecule has 0 aliphatic carbocycles. The van der Waals surface area contributed by atoms with Gasteiger partial charge in [-0.3, -0.25) is 0 Å². The van der Waals surface area contributed by atoms with E-state index in [0.29, 0.717) is 18.4 Å². The lowest BCUT2D eigenvalue weighted by atomic mass is 10.2. The predicted octanol–water partition coefficient (Wildman–Crippen LogP) is 3.04. The summed E-state index contributed by atoms with van der Waals surface area (Å²) in [6.07, 6.45) is -2.79. The van der Waals surface area contributed by atoms with Crippen LogP contribution in [-0.4, -0.2) is 29.9 Å². The molecule has 0 radical (unpaired) electrons. The van der Waals surface area contributed by atoms with E-state index in [4.69, 9.17) is 4.74 Å². The molecule has 2 aromatic rings. The van der Waals surface area contributed by atoms with Crippen molar-refractivity contribution in [3.63, 3.8) is 0 Å². The van der Waals surface area contributed by atoms with Crippen molar-refractivity contribution in [2.45, 2.75) is 12.7 Å². The summed E-state index contributed by atoms with van der Waals surface area (Å²) in [5.41, 5.74) is 0.853. The topological polar surface area (TPSA) is 56.3 Å². The highest BCUT2D eigenvalue weighted by Crippen LogP contribution is 2.19. The van der Waals surface area contributed by atoms with Gasteiger partial charge in [0.15, 0.2) is 6.61 Å². The minimum absolute atomic E-state index is 0.165. The Morgan fingerprint density at radius 3 is 2.50 bits per heavy atom. The van der Waals surface area contributed by atoms with Crippen LogP contribution >= 0.6 is 0 Å². The van der Waals surface area contributed by atoms with Gasteiger partial charge in [0.25, 0.3) is 0 Å². The van der Waals surface area contributed by atoms with Crippen molar-refractivity contribution in [2.75, 3.05) is 19.0 Å². The molecule has 1 N–H and O–H groups in total. The van der Waals surface area contributed by atoms with Crippen LogP contribution in [0.4, 0.5) is 19.1 Å². The third kappa shape index (κ3) is 5.12. The summed E-state index contributed by atoms with van der Waals surface area (Å²) in [5.74, 6) is 1.00. The maximum absolute atomic E-state index is 12.0. The van der Waals surface area contributed by atoms with Gasteiger partial charge in [-0.1, -0.05) is 12.1 Å². The highest BCUT2D eigenvalue weighted by Gasteiger charge is 2.28. The maximum Gasteiger partial charge on any atom is 0.422 e. The predicted molar refractivity (Wildman–Crippen MR) is 73.9 cm³/mol. The first kappa shape index (κ1) is 15.9. The molecular weight excluding hydrogens is 299 g/mol. The van der Waals surface area contributed by atoms with Crippen molar-refractivity contribution >= 4 is 5.95 Å². The van der Waals surface area contributed by atoms with E-state index in [1.54, 1.807) is 24.4 Å². The molecule has 5 nitrogen and oxygen atoms in total. The van der Waals surface area contributed by atoms with Crippen LogP contribution in [0.3, 0.4) is 0 Å². The average Bonchev–Trinajstić information content (AvgIpc) is 2.51. The summed E-state index contributed by atoms with van der Waals surface area (Å²) < 4.78 is 45.7. The van der Waals surface area contributed by atoms with E-state index >= 15 is 0 Å². The number of rotatable bonds is 6. The fourth-order valence-electron chi connectivity index (χ4n) is 1.59. The van der Waals surface area contributed by atoms with Crippen molar-refractivity contribution in [3.8, 4) is 11.6 Å². The standard InChI is InChI=1S/C14H14F3N3O2/c1-21-12-6-7-18-13(20-12)19-8-10-2-4-11(5-3-10)22-9-14(15,16)17/h2-7H,8-9H2,1H3,(H,18,19,20). The van der Waals surface area contributed by atoms with Crippen LogP contribution in [0.2, 0.25) is 0 Å². The number of alkyl halides is 3. The van der Waals surface area contributed by atoms with Crippen molar-refractivity contribution in [3.05, 3.63) is 42.1 Å². The van der Waals surface area contributed by atoms with Gasteiger partial charge in [-0.2, -0.15) is 18.2 Å². The number of anilines is 1. The minimum atomic E-state index is -4.34. The zero-order valence-corrected chi connectivity index (χ0v) is 11.7. The van der Waals surface area contributed by atoms with Crippen LogP contribution in [0.5, 0.6) is 11.6 Å². The summed E-state index contributed by atoms with van der Waals surface area (Å²) in [6, 6.07) is 7.92. The summed E-state index contributed by atoms with van der Waals surface area (Å²) in [5, 5.41) is 2.99. The molecule has 0 saturated heterocycles. The number of halogens is 3. The number of benzene rings is 1. The Kier molecular flexibility index (Phi) is 5.03. The molecule has 0 fully saturated rings. The van der Waals surface area contributed by atoms with Gasteiger partial charge in [-0.05, 0) is 17.7 Å². The summed E-state index contributed by atoms with van der Waals surface area (Å²) in [7, 11) is 1.51. The zero-order chi connectivity index (χ0) is 16.0. The molecule has 1 heterocycles. The minimum Gasteiger partial charge on any atom is -0.484 e. The van der Waals surface area contributed by atoms with E-state index in [1.807, 2.05) is 0 Å².